The quantitative estimate of drug-likeness (QED) is 0.718. The lowest BCUT2D eigenvalue weighted by Crippen LogP contribution is -2.42. The Morgan fingerprint density at radius 1 is 1.54 bits per heavy atom. The third-order valence-corrected chi connectivity index (χ3v) is 2.49. The fourth-order valence-electron chi connectivity index (χ4n) is 1.46. The molecule has 1 fully saturated rings. The molecular formula is C10H14N2O. The molecule has 1 aliphatic carbocycles. The van der Waals surface area contributed by atoms with Crippen LogP contribution in [0.3, 0.4) is 0 Å². The molecule has 3 nitrogen and oxygen atoms in total. The van der Waals surface area contributed by atoms with E-state index in [1.807, 2.05) is 19.1 Å². The van der Waals surface area contributed by atoms with Crippen LogP contribution in [-0.4, -0.2) is 22.2 Å². The molecule has 0 bridgehead atoms. The van der Waals surface area contributed by atoms with Gasteiger partial charge in [-0.3, -0.25) is 0 Å². The molecule has 3 heteroatoms. The molecule has 70 valence electrons. The Bertz CT molecular complexity index is 301. The van der Waals surface area contributed by atoms with Crippen LogP contribution in [0.15, 0.2) is 18.3 Å². The molecular weight excluding hydrogens is 164 g/mol. The Morgan fingerprint density at radius 3 is 2.92 bits per heavy atom. The van der Waals surface area contributed by atoms with E-state index in [1.54, 1.807) is 6.20 Å². The lowest BCUT2D eigenvalue weighted by molar-refractivity contribution is 0.0784. The number of nitrogens with one attached hydrogen (secondary N) is 1. The highest BCUT2D eigenvalue weighted by Gasteiger charge is 2.28. The van der Waals surface area contributed by atoms with Crippen molar-refractivity contribution in [1.82, 2.24) is 4.98 Å². The van der Waals surface area contributed by atoms with Crippen LogP contribution < -0.4 is 5.32 Å². The SMILES string of the molecule is Cc1ccnc(NC2CCC2O)c1. The third kappa shape index (κ3) is 1.80. The van der Waals surface area contributed by atoms with Gasteiger partial charge in [-0.05, 0) is 37.5 Å². The summed E-state index contributed by atoms with van der Waals surface area (Å²) < 4.78 is 0. The molecule has 1 aliphatic rings. The van der Waals surface area contributed by atoms with Crippen molar-refractivity contribution in [3.05, 3.63) is 23.9 Å². The summed E-state index contributed by atoms with van der Waals surface area (Å²) in [6, 6.07) is 4.15. The Labute approximate surface area is 77.8 Å². The standard InChI is InChI=1S/C10H14N2O/c1-7-4-5-11-10(6-7)12-8-2-3-9(8)13/h4-6,8-9,13H,2-3H2,1H3,(H,11,12). The number of aliphatic hydroxyl groups is 1. The van der Waals surface area contributed by atoms with Gasteiger partial charge in [-0.15, -0.1) is 0 Å². The summed E-state index contributed by atoms with van der Waals surface area (Å²) in [5.74, 6) is 0.865. The first-order chi connectivity index (χ1) is 6.25. The number of aliphatic hydroxyl groups excluding tert-OH is 1. The smallest absolute Gasteiger partial charge is 0.126 e. The zero-order chi connectivity index (χ0) is 9.26. The number of nitrogens with zero attached hydrogens (tertiary/aromatic N) is 1. The largest absolute Gasteiger partial charge is 0.391 e. The van der Waals surface area contributed by atoms with Crippen molar-refractivity contribution in [2.24, 2.45) is 0 Å². The predicted octanol–water partition coefficient (Wildman–Crippen LogP) is 1.33. The number of rotatable bonds is 2. The highest BCUT2D eigenvalue weighted by molar-refractivity contribution is 5.38. The summed E-state index contributed by atoms with van der Waals surface area (Å²) in [4.78, 5) is 4.17. The van der Waals surface area contributed by atoms with E-state index in [0.29, 0.717) is 0 Å². The molecule has 2 N–H and O–H groups in total. The number of hydrogen-bond donors (Lipinski definition) is 2. The molecule has 1 aromatic rings. The van der Waals surface area contributed by atoms with Gasteiger partial charge in [0.05, 0.1) is 12.1 Å². The van der Waals surface area contributed by atoms with Crippen molar-refractivity contribution < 1.29 is 5.11 Å². The first-order valence-electron chi connectivity index (χ1n) is 4.63. The monoisotopic (exact) mass is 178 g/mol. The van der Waals surface area contributed by atoms with Crippen LogP contribution in [0.2, 0.25) is 0 Å². The topological polar surface area (TPSA) is 45.2 Å². The number of pyridine rings is 1. The minimum atomic E-state index is -0.192. The Morgan fingerprint density at radius 2 is 2.38 bits per heavy atom. The van der Waals surface area contributed by atoms with Crippen LogP contribution in [0.1, 0.15) is 18.4 Å². The first kappa shape index (κ1) is 8.51. The molecule has 1 aromatic heterocycles. The Kier molecular flexibility index (Phi) is 2.19. The normalized spacial score (nSPS) is 26.6. The van der Waals surface area contributed by atoms with E-state index in [0.717, 1.165) is 18.7 Å². The fraction of sp³-hybridized carbons (Fsp3) is 0.500. The Hall–Kier alpha value is -1.09. The van der Waals surface area contributed by atoms with Gasteiger partial charge in [0, 0.05) is 6.20 Å². The zero-order valence-corrected chi connectivity index (χ0v) is 7.70. The van der Waals surface area contributed by atoms with Gasteiger partial charge < -0.3 is 10.4 Å². The highest BCUT2D eigenvalue weighted by atomic mass is 16.3. The summed E-state index contributed by atoms with van der Waals surface area (Å²) in [7, 11) is 0. The van der Waals surface area contributed by atoms with Crippen molar-refractivity contribution in [2.45, 2.75) is 31.9 Å². The highest BCUT2D eigenvalue weighted by Crippen LogP contribution is 2.23. The third-order valence-electron chi connectivity index (χ3n) is 2.49. The van der Waals surface area contributed by atoms with E-state index in [4.69, 9.17) is 0 Å². The van der Waals surface area contributed by atoms with E-state index in [2.05, 4.69) is 10.3 Å². The predicted molar refractivity (Wildman–Crippen MR) is 51.6 cm³/mol. The minimum absolute atomic E-state index is 0.192. The number of hydrogen-bond acceptors (Lipinski definition) is 3. The van der Waals surface area contributed by atoms with Crippen LogP contribution in [0.25, 0.3) is 0 Å². The van der Waals surface area contributed by atoms with Gasteiger partial charge in [0.25, 0.3) is 0 Å². The molecule has 0 spiro atoms. The lowest BCUT2D eigenvalue weighted by Gasteiger charge is -2.33. The second-order valence-electron chi connectivity index (χ2n) is 3.61. The second kappa shape index (κ2) is 3.34. The second-order valence-corrected chi connectivity index (χ2v) is 3.61. The number of aromatic nitrogens is 1. The van der Waals surface area contributed by atoms with Gasteiger partial charge in [-0.1, -0.05) is 0 Å². The van der Waals surface area contributed by atoms with Crippen LogP contribution in [0, 0.1) is 6.92 Å². The average Bonchev–Trinajstić information content (AvgIpc) is 2.12. The molecule has 0 saturated heterocycles. The van der Waals surface area contributed by atoms with Gasteiger partial charge in [-0.2, -0.15) is 0 Å². The van der Waals surface area contributed by atoms with Crippen molar-refractivity contribution in [3.63, 3.8) is 0 Å². The Balaban J connectivity index is 2.01. The van der Waals surface area contributed by atoms with Gasteiger partial charge >= 0.3 is 0 Å². The minimum Gasteiger partial charge on any atom is -0.391 e. The molecule has 0 radical (unpaired) electrons. The van der Waals surface area contributed by atoms with Crippen LogP contribution >= 0.6 is 0 Å². The summed E-state index contributed by atoms with van der Waals surface area (Å²) in [5.41, 5.74) is 1.19. The van der Waals surface area contributed by atoms with Crippen molar-refractivity contribution in [3.8, 4) is 0 Å². The van der Waals surface area contributed by atoms with Crippen molar-refractivity contribution >= 4 is 5.82 Å². The van der Waals surface area contributed by atoms with Crippen LogP contribution in [0.4, 0.5) is 5.82 Å². The van der Waals surface area contributed by atoms with Crippen molar-refractivity contribution in [1.29, 1.82) is 0 Å². The summed E-state index contributed by atoms with van der Waals surface area (Å²) in [6.07, 6.45) is 3.53. The molecule has 0 amide bonds. The summed E-state index contributed by atoms with van der Waals surface area (Å²) in [5, 5.41) is 12.6. The zero-order valence-electron chi connectivity index (χ0n) is 7.70. The van der Waals surface area contributed by atoms with E-state index in [9.17, 15) is 5.11 Å². The van der Waals surface area contributed by atoms with E-state index in [-0.39, 0.29) is 12.1 Å². The van der Waals surface area contributed by atoms with Crippen LogP contribution in [-0.2, 0) is 0 Å². The molecule has 1 heterocycles. The maximum absolute atomic E-state index is 9.35. The molecule has 0 aromatic carbocycles. The molecule has 2 unspecified atom stereocenters. The van der Waals surface area contributed by atoms with E-state index >= 15 is 0 Å². The van der Waals surface area contributed by atoms with E-state index in [1.165, 1.54) is 5.56 Å². The molecule has 2 atom stereocenters. The maximum atomic E-state index is 9.35. The van der Waals surface area contributed by atoms with Gasteiger partial charge in [0.1, 0.15) is 5.82 Å². The molecule has 2 rings (SSSR count). The summed E-state index contributed by atoms with van der Waals surface area (Å²) in [6.45, 7) is 2.03. The van der Waals surface area contributed by atoms with Gasteiger partial charge in [0.2, 0.25) is 0 Å². The van der Waals surface area contributed by atoms with Crippen LogP contribution in [0.5, 0.6) is 0 Å². The van der Waals surface area contributed by atoms with E-state index < -0.39 is 0 Å². The fourth-order valence-corrected chi connectivity index (χ4v) is 1.46. The molecule has 0 aliphatic heterocycles. The summed E-state index contributed by atoms with van der Waals surface area (Å²) >= 11 is 0. The maximum Gasteiger partial charge on any atom is 0.126 e. The first-order valence-corrected chi connectivity index (χ1v) is 4.63. The lowest BCUT2D eigenvalue weighted by atomic mass is 9.89. The molecule has 1 saturated carbocycles. The van der Waals surface area contributed by atoms with Crippen molar-refractivity contribution in [2.75, 3.05) is 5.32 Å². The average molecular weight is 178 g/mol. The molecule has 13 heavy (non-hydrogen) atoms. The van der Waals surface area contributed by atoms with Gasteiger partial charge in [-0.25, -0.2) is 4.98 Å². The number of anilines is 1. The van der Waals surface area contributed by atoms with Gasteiger partial charge in [0.15, 0.2) is 0 Å². The number of aryl methyl sites for hydroxylation is 1.